The zero-order chi connectivity index (χ0) is 19.4. The van der Waals surface area contributed by atoms with E-state index >= 15 is 0 Å². The minimum Gasteiger partial charge on any atom is -0.449 e. The Kier molecular flexibility index (Phi) is 5.52. The fraction of sp³-hybridized carbons (Fsp3) is 0.200. The van der Waals surface area contributed by atoms with E-state index in [1.54, 1.807) is 12.1 Å². The molecule has 1 N–H and O–H groups in total. The van der Waals surface area contributed by atoms with Crippen molar-refractivity contribution >= 4 is 28.5 Å². The second-order valence-corrected chi connectivity index (χ2v) is 5.88. The Labute approximate surface area is 154 Å². The van der Waals surface area contributed by atoms with Gasteiger partial charge in [-0.2, -0.15) is 0 Å². The quantitative estimate of drug-likeness (QED) is 0.665. The Morgan fingerprint density at radius 2 is 1.85 bits per heavy atom. The minimum absolute atomic E-state index is 0.000479. The van der Waals surface area contributed by atoms with Crippen LogP contribution in [-0.2, 0) is 20.9 Å². The van der Waals surface area contributed by atoms with E-state index in [-0.39, 0.29) is 12.4 Å². The lowest BCUT2D eigenvalue weighted by Gasteiger charge is -2.13. The van der Waals surface area contributed by atoms with Gasteiger partial charge in [-0.15, -0.1) is 0 Å². The lowest BCUT2D eigenvalue weighted by molar-refractivity contribution is -0.123. The number of rotatable bonds is 6. The fourth-order valence-corrected chi connectivity index (χ4v) is 2.60. The number of nitrogens with one attached hydrogen (secondary N) is 1. The summed E-state index contributed by atoms with van der Waals surface area (Å²) >= 11 is 0. The van der Waals surface area contributed by atoms with E-state index in [2.05, 4.69) is 5.32 Å². The van der Waals surface area contributed by atoms with E-state index in [1.807, 2.05) is 12.1 Å². The highest BCUT2D eigenvalue weighted by atomic mass is 19.1. The van der Waals surface area contributed by atoms with Gasteiger partial charge in [-0.05, 0) is 37.3 Å². The normalized spacial score (nSPS) is 12.0. The standard InChI is InChI=1S/C20H18FNO5/c1-12(19(23)22-14-9-7-13(21)8-10-14)26-20(24)18-16(11-25-2)15-5-3-4-6-17(15)27-18/h3-10,12H,11H2,1-2H3,(H,22,23)/t12-/m0/s1. The number of para-hydroxylation sites is 1. The van der Waals surface area contributed by atoms with E-state index in [9.17, 15) is 14.0 Å². The topological polar surface area (TPSA) is 77.8 Å². The second-order valence-electron chi connectivity index (χ2n) is 5.88. The number of furan rings is 1. The van der Waals surface area contributed by atoms with Crippen LogP contribution in [0.3, 0.4) is 0 Å². The molecule has 1 aromatic heterocycles. The number of anilines is 1. The van der Waals surface area contributed by atoms with Crippen molar-refractivity contribution in [2.24, 2.45) is 0 Å². The van der Waals surface area contributed by atoms with Crippen LogP contribution in [0.4, 0.5) is 10.1 Å². The van der Waals surface area contributed by atoms with Gasteiger partial charge in [-0.3, -0.25) is 4.79 Å². The van der Waals surface area contributed by atoms with Crippen molar-refractivity contribution in [2.45, 2.75) is 19.6 Å². The molecule has 140 valence electrons. The molecule has 3 rings (SSSR count). The highest BCUT2D eigenvalue weighted by molar-refractivity contribution is 5.99. The molecule has 0 saturated heterocycles. The molecule has 6 nitrogen and oxygen atoms in total. The van der Waals surface area contributed by atoms with Gasteiger partial charge < -0.3 is 19.2 Å². The zero-order valence-electron chi connectivity index (χ0n) is 14.8. The Bertz CT molecular complexity index is 964. The molecule has 0 fully saturated rings. The monoisotopic (exact) mass is 371 g/mol. The van der Waals surface area contributed by atoms with Crippen LogP contribution in [0, 0.1) is 5.82 Å². The van der Waals surface area contributed by atoms with Gasteiger partial charge in [0.15, 0.2) is 6.10 Å². The second kappa shape index (κ2) is 8.01. The number of methoxy groups -OCH3 is 1. The number of carbonyl (C=O) groups is 2. The maximum absolute atomic E-state index is 12.9. The molecule has 3 aromatic rings. The van der Waals surface area contributed by atoms with E-state index in [0.717, 1.165) is 5.39 Å². The van der Waals surface area contributed by atoms with Crippen molar-refractivity contribution in [1.29, 1.82) is 0 Å². The van der Waals surface area contributed by atoms with Gasteiger partial charge in [0.25, 0.3) is 5.91 Å². The maximum Gasteiger partial charge on any atom is 0.375 e. The van der Waals surface area contributed by atoms with Gasteiger partial charge in [0.2, 0.25) is 5.76 Å². The van der Waals surface area contributed by atoms with Crippen LogP contribution in [0.25, 0.3) is 11.0 Å². The van der Waals surface area contributed by atoms with Crippen LogP contribution in [0.1, 0.15) is 23.0 Å². The summed E-state index contributed by atoms with van der Waals surface area (Å²) in [6.45, 7) is 1.60. The molecule has 0 radical (unpaired) electrons. The third kappa shape index (κ3) is 4.15. The molecule has 1 amide bonds. The first kappa shape index (κ1) is 18.6. The van der Waals surface area contributed by atoms with Gasteiger partial charge in [-0.1, -0.05) is 18.2 Å². The summed E-state index contributed by atoms with van der Waals surface area (Å²) in [6.07, 6.45) is -1.08. The molecule has 7 heteroatoms. The van der Waals surface area contributed by atoms with E-state index in [1.165, 1.54) is 38.3 Å². The predicted molar refractivity (Wildman–Crippen MR) is 96.8 cm³/mol. The Morgan fingerprint density at radius 3 is 2.56 bits per heavy atom. The van der Waals surface area contributed by atoms with Crippen LogP contribution in [0.2, 0.25) is 0 Å². The number of halogens is 1. The first-order valence-electron chi connectivity index (χ1n) is 8.26. The summed E-state index contributed by atoms with van der Waals surface area (Å²) in [5, 5.41) is 3.30. The number of benzene rings is 2. The van der Waals surface area contributed by atoms with Crippen LogP contribution >= 0.6 is 0 Å². The number of ether oxygens (including phenoxy) is 2. The number of amides is 1. The van der Waals surface area contributed by atoms with Crippen molar-refractivity contribution in [3.63, 3.8) is 0 Å². The lowest BCUT2D eigenvalue weighted by Crippen LogP contribution is -2.30. The average Bonchev–Trinajstić information content (AvgIpc) is 3.03. The summed E-state index contributed by atoms with van der Waals surface area (Å²) in [5.74, 6) is -1.72. The van der Waals surface area contributed by atoms with Crippen molar-refractivity contribution in [3.8, 4) is 0 Å². The van der Waals surface area contributed by atoms with E-state index in [0.29, 0.717) is 16.8 Å². The minimum atomic E-state index is -1.08. The van der Waals surface area contributed by atoms with E-state index in [4.69, 9.17) is 13.9 Å². The Morgan fingerprint density at radius 1 is 1.15 bits per heavy atom. The summed E-state index contributed by atoms with van der Waals surface area (Å²) in [7, 11) is 1.51. The van der Waals surface area contributed by atoms with Crippen LogP contribution in [0.5, 0.6) is 0 Å². The molecule has 0 spiro atoms. The predicted octanol–water partition coefficient (Wildman–Crippen LogP) is 3.90. The number of esters is 1. The van der Waals surface area contributed by atoms with Gasteiger partial charge in [0.1, 0.15) is 11.4 Å². The molecule has 1 heterocycles. The maximum atomic E-state index is 12.9. The zero-order valence-corrected chi connectivity index (χ0v) is 14.8. The van der Waals surface area contributed by atoms with Gasteiger partial charge in [0.05, 0.1) is 6.61 Å². The molecule has 0 unspecified atom stereocenters. The summed E-state index contributed by atoms with van der Waals surface area (Å²) in [4.78, 5) is 24.7. The molecule has 1 atom stereocenters. The molecule has 0 saturated carbocycles. The lowest BCUT2D eigenvalue weighted by atomic mass is 10.1. The molecule has 0 aliphatic rings. The number of fused-ring (bicyclic) bond motifs is 1. The van der Waals surface area contributed by atoms with Crippen molar-refractivity contribution in [1.82, 2.24) is 0 Å². The number of hydrogen-bond acceptors (Lipinski definition) is 5. The summed E-state index contributed by atoms with van der Waals surface area (Å²) in [6, 6.07) is 12.4. The van der Waals surface area contributed by atoms with Gasteiger partial charge in [0, 0.05) is 23.7 Å². The van der Waals surface area contributed by atoms with E-state index < -0.39 is 23.8 Å². The molecule has 0 bridgehead atoms. The average molecular weight is 371 g/mol. The third-order valence-corrected chi connectivity index (χ3v) is 3.94. The highest BCUT2D eigenvalue weighted by Crippen LogP contribution is 2.27. The van der Waals surface area contributed by atoms with Gasteiger partial charge >= 0.3 is 5.97 Å². The third-order valence-electron chi connectivity index (χ3n) is 3.94. The number of carbonyl (C=O) groups excluding carboxylic acids is 2. The van der Waals surface area contributed by atoms with Crippen LogP contribution in [-0.4, -0.2) is 25.1 Å². The van der Waals surface area contributed by atoms with Crippen LogP contribution < -0.4 is 5.32 Å². The van der Waals surface area contributed by atoms with Gasteiger partial charge in [-0.25, -0.2) is 9.18 Å². The molecular weight excluding hydrogens is 353 g/mol. The summed E-state index contributed by atoms with van der Waals surface area (Å²) in [5.41, 5.74) is 1.48. The molecule has 0 aliphatic carbocycles. The molecular formula is C20H18FNO5. The fourth-order valence-electron chi connectivity index (χ4n) is 2.60. The summed E-state index contributed by atoms with van der Waals surface area (Å²) < 4.78 is 28.9. The number of hydrogen-bond donors (Lipinski definition) is 1. The largest absolute Gasteiger partial charge is 0.449 e. The SMILES string of the molecule is COCc1c(C(=O)O[C@@H](C)C(=O)Nc2ccc(F)cc2)oc2ccccc12. The smallest absolute Gasteiger partial charge is 0.375 e. The van der Waals surface area contributed by atoms with Crippen molar-refractivity contribution in [2.75, 3.05) is 12.4 Å². The Hall–Kier alpha value is -3.19. The molecule has 2 aromatic carbocycles. The first-order chi connectivity index (χ1) is 13.0. The Balaban J connectivity index is 1.74. The first-order valence-corrected chi connectivity index (χ1v) is 8.26. The highest BCUT2D eigenvalue weighted by Gasteiger charge is 2.25. The van der Waals surface area contributed by atoms with Crippen LogP contribution in [0.15, 0.2) is 52.9 Å². The van der Waals surface area contributed by atoms with Crippen molar-refractivity contribution < 1.29 is 27.9 Å². The molecule has 0 aliphatic heterocycles. The molecule has 27 heavy (non-hydrogen) atoms. The van der Waals surface area contributed by atoms with Crippen molar-refractivity contribution in [3.05, 3.63) is 65.7 Å².